The summed E-state index contributed by atoms with van der Waals surface area (Å²) in [6, 6.07) is 4.47. The van der Waals surface area contributed by atoms with Gasteiger partial charge in [-0.1, -0.05) is 61.5 Å². The molecule has 0 radical (unpaired) electrons. The van der Waals surface area contributed by atoms with Crippen LogP contribution in [0.2, 0.25) is 0 Å². The molecule has 0 fully saturated rings. The molecule has 0 aliphatic heterocycles. The summed E-state index contributed by atoms with van der Waals surface area (Å²) in [7, 11) is 0. The summed E-state index contributed by atoms with van der Waals surface area (Å²) in [6.07, 6.45) is 4.03. The minimum atomic E-state index is 0.528. The van der Waals surface area contributed by atoms with Gasteiger partial charge < -0.3 is 0 Å². The van der Waals surface area contributed by atoms with Crippen molar-refractivity contribution in [3.05, 3.63) is 58.2 Å². The van der Waals surface area contributed by atoms with Crippen molar-refractivity contribution in [3.8, 4) is 0 Å². The van der Waals surface area contributed by atoms with Crippen LogP contribution in [-0.2, 0) is 0 Å². The molecule has 2 aromatic rings. The van der Waals surface area contributed by atoms with Gasteiger partial charge in [0.2, 0.25) is 0 Å². The van der Waals surface area contributed by atoms with Crippen LogP contribution in [0.1, 0.15) is 113 Å². The highest BCUT2D eigenvalue weighted by molar-refractivity contribution is 5.29. The van der Waals surface area contributed by atoms with Gasteiger partial charge in [-0.25, -0.2) is 0 Å². The van der Waals surface area contributed by atoms with Crippen LogP contribution in [0, 0.1) is 13.8 Å². The Hall–Kier alpha value is -1.70. The molecule has 2 heteroatoms. The van der Waals surface area contributed by atoms with Crippen LogP contribution in [0.15, 0.2) is 24.5 Å². The van der Waals surface area contributed by atoms with E-state index in [1.165, 1.54) is 33.6 Å². The van der Waals surface area contributed by atoms with Crippen LogP contribution in [-0.4, -0.2) is 9.97 Å². The standard InChI is InChI=1S/2C12H19N/c1-8(2)11-7-13-12(9(3)4)6-10(11)5;1-8(2)11-6-10(5)12(9(3)4)13-7-11/h2*6-9H,1-5H3. The molecule has 0 N–H and O–H groups in total. The van der Waals surface area contributed by atoms with Gasteiger partial charge >= 0.3 is 0 Å². The second-order valence-electron chi connectivity index (χ2n) is 8.56. The minimum Gasteiger partial charge on any atom is -0.261 e. The van der Waals surface area contributed by atoms with Crippen LogP contribution in [0.25, 0.3) is 0 Å². The zero-order chi connectivity index (χ0) is 20.0. The third-order valence-corrected chi connectivity index (χ3v) is 4.74. The van der Waals surface area contributed by atoms with Crippen LogP contribution in [0.3, 0.4) is 0 Å². The summed E-state index contributed by atoms with van der Waals surface area (Å²) in [6.45, 7) is 21.9. The lowest BCUT2D eigenvalue weighted by Gasteiger charge is -2.11. The first kappa shape index (κ1) is 22.3. The van der Waals surface area contributed by atoms with E-state index in [-0.39, 0.29) is 0 Å². The zero-order valence-corrected chi connectivity index (χ0v) is 18.5. The van der Waals surface area contributed by atoms with E-state index in [9.17, 15) is 0 Å². The molecule has 144 valence electrons. The molecule has 0 unspecified atom stereocenters. The molecule has 0 aliphatic rings. The molecule has 0 saturated carbocycles. The van der Waals surface area contributed by atoms with Crippen molar-refractivity contribution < 1.29 is 0 Å². The van der Waals surface area contributed by atoms with E-state index in [0.29, 0.717) is 23.7 Å². The van der Waals surface area contributed by atoms with Crippen LogP contribution >= 0.6 is 0 Å². The van der Waals surface area contributed by atoms with E-state index in [1.54, 1.807) is 0 Å². The van der Waals surface area contributed by atoms with E-state index in [4.69, 9.17) is 0 Å². The fourth-order valence-electron chi connectivity index (χ4n) is 3.04. The Morgan fingerprint density at radius 1 is 0.615 bits per heavy atom. The van der Waals surface area contributed by atoms with Crippen molar-refractivity contribution in [1.29, 1.82) is 0 Å². The average molecular weight is 355 g/mol. The molecule has 0 saturated heterocycles. The van der Waals surface area contributed by atoms with E-state index in [0.717, 1.165) is 0 Å². The highest BCUT2D eigenvalue weighted by Crippen LogP contribution is 2.22. The van der Waals surface area contributed by atoms with Gasteiger partial charge in [-0.05, 0) is 65.8 Å². The molecule has 2 nitrogen and oxygen atoms in total. The maximum Gasteiger partial charge on any atom is 0.0458 e. The van der Waals surface area contributed by atoms with Crippen LogP contribution < -0.4 is 0 Å². The second kappa shape index (κ2) is 9.85. The molecule has 2 aromatic heterocycles. The number of aryl methyl sites for hydroxylation is 2. The van der Waals surface area contributed by atoms with Gasteiger partial charge in [0.25, 0.3) is 0 Å². The quantitative estimate of drug-likeness (QED) is 0.576. The Bertz CT molecular complexity index is 636. The number of hydrogen-bond donors (Lipinski definition) is 0. The summed E-state index contributed by atoms with van der Waals surface area (Å²) < 4.78 is 0. The predicted molar refractivity (Wildman–Crippen MR) is 114 cm³/mol. The molecule has 26 heavy (non-hydrogen) atoms. The molecule has 2 rings (SSSR count). The Morgan fingerprint density at radius 3 is 1.62 bits per heavy atom. The number of nitrogens with zero attached hydrogens (tertiary/aromatic N) is 2. The van der Waals surface area contributed by atoms with Gasteiger partial charge in [-0.15, -0.1) is 0 Å². The predicted octanol–water partition coefficient (Wildman–Crippen LogP) is 7.27. The van der Waals surface area contributed by atoms with Crippen molar-refractivity contribution in [2.75, 3.05) is 0 Å². The molecule has 0 aliphatic carbocycles. The van der Waals surface area contributed by atoms with Gasteiger partial charge in [-0.2, -0.15) is 0 Å². The first-order chi connectivity index (χ1) is 12.0. The van der Waals surface area contributed by atoms with Crippen molar-refractivity contribution in [3.63, 3.8) is 0 Å². The fourth-order valence-corrected chi connectivity index (χ4v) is 3.04. The first-order valence-corrected chi connectivity index (χ1v) is 9.97. The van der Waals surface area contributed by atoms with Crippen molar-refractivity contribution >= 4 is 0 Å². The highest BCUT2D eigenvalue weighted by atomic mass is 14.7. The zero-order valence-electron chi connectivity index (χ0n) is 18.5. The van der Waals surface area contributed by atoms with Gasteiger partial charge in [0.15, 0.2) is 0 Å². The largest absolute Gasteiger partial charge is 0.261 e. The minimum absolute atomic E-state index is 0.528. The molecule has 0 amide bonds. The number of aromatic nitrogens is 2. The smallest absolute Gasteiger partial charge is 0.0458 e. The Labute approximate surface area is 161 Å². The summed E-state index contributed by atoms with van der Waals surface area (Å²) in [4.78, 5) is 8.96. The van der Waals surface area contributed by atoms with Crippen molar-refractivity contribution in [1.82, 2.24) is 9.97 Å². The average Bonchev–Trinajstić information content (AvgIpc) is 2.54. The number of rotatable bonds is 4. The van der Waals surface area contributed by atoms with Gasteiger partial charge in [-0.3, -0.25) is 9.97 Å². The first-order valence-electron chi connectivity index (χ1n) is 9.97. The maximum absolute atomic E-state index is 4.50. The van der Waals surface area contributed by atoms with E-state index >= 15 is 0 Å². The summed E-state index contributed by atoms with van der Waals surface area (Å²) in [5.74, 6) is 2.21. The third kappa shape index (κ3) is 6.23. The number of hydrogen-bond acceptors (Lipinski definition) is 2. The van der Waals surface area contributed by atoms with Crippen LogP contribution in [0.5, 0.6) is 0 Å². The molecule has 0 spiro atoms. The molecule has 0 aromatic carbocycles. The molecular weight excluding hydrogens is 316 g/mol. The maximum atomic E-state index is 4.50. The van der Waals surface area contributed by atoms with Gasteiger partial charge in [0.1, 0.15) is 0 Å². The summed E-state index contributed by atoms with van der Waals surface area (Å²) in [5, 5.41) is 0. The fraction of sp³-hybridized carbons (Fsp3) is 0.583. The van der Waals surface area contributed by atoms with E-state index in [2.05, 4.69) is 91.3 Å². The second-order valence-corrected chi connectivity index (χ2v) is 8.56. The Balaban J connectivity index is 0.000000260. The Kier molecular flexibility index (Phi) is 8.46. The summed E-state index contributed by atoms with van der Waals surface area (Å²) >= 11 is 0. The lowest BCUT2D eigenvalue weighted by Crippen LogP contribution is -1.99. The normalized spacial score (nSPS) is 11.3. The Morgan fingerprint density at radius 2 is 1.23 bits per heavy atom. The SMILES string of the molecule is Cc1cc(C(C)C)cnc1C(C)C.Cc1cc(C(C)C)ncc1C(C)C. The topological polar surface area (TPSA) is 25.8 Å². The summed E-state index contributed by atoms with van der Waals surface area (Å²) in [5.41, 5.74) is 7.81. The molecule has 2 heterocycles. The monoisotopic (exact) mass is 354 g/mol. The lowest BCUT2D eigenvalue weighted by atomic mass is 9.98. The van der Waals surface area contributed by atoms with Gasteiger partial charge in [0, 0.05) is 23.8 Å². The third-order valence-electron chi connectivity index (χ3n) is 4.74. The van der Waals surface area contributed by atoms with E-state index in [1.807, 2.05) is 12.4 Å². The van der Waals surface area contributed by atoms with E-state index < -0.39 is 0 Å². The van der Waals surface area contributed by atoms with Gasteiger partial charge in [0.05, 0.1) is 0 Å². The molecular formula is C24H38N2. The van der Waals surface area contributed by atoms with Crippen molar-refractivity contribution in [2.24, 2.45) is 0 Å². The highest BCUT2D eigenvalue weighted by Gasteiger charge is 2.08. The van der Waals surface area contributed by atoms with Crippen LogP contribution in [0.4, 0.5) is 0 Å². The lowest BCUT2D eigenvalue weighted by molar-refractivity contribution is 0.791. The van der Waals surface area contributed by atoms with Crippen molar-refractivity contribution in [2.45, 2.75) is 92.9 Å². The molecule has 0 bridgehead atoms. The number of pyridine rings is 2. The molecule has 0 atom stereocenters.